The van der Waals surface area contributed by atoms with Crippen LogP contribution in [0, 0.1) is 0 Å². The monoisotopic (exact) mass is 291 g/mol. The first-order chi connectivity index (χ1) is 10.1. The predicted octanol–water partition coefficient (Wildman–Crippen LogP) is 2.48. The summed E-state index contributed by atoms with van der Waals surface area (Å²) in [5.74, 6) is -0.850. The van der Waals surface area contributed by atoms with Gasteiger partial charge in [-0.25, -0.2) is 4.79 Å². The highest BCUT2D eigenvalue weighted by Gasteiger charge is 2.23. The molecule has 1 aromatic rings. The average Bonchev–Trinajstić information content (AvgIpc) is 2.50. The Morgan fingerprint density at radius 1 is 1.38 bits per heavy atom. The van der Waals surface area contributed by atoms with Crippen LogP contribution in [-0.2, 0) is 16.0 Å². The molecule has 1 aliphatic rings. The lowest BCUT2D eigenvalue weighted by atomic mass is 9.98. The van der Waals surface area contributed by atoms with Crippen molar-refractivity contribution in [2.24, 2.45) is 0 Å². The minimum Gasteiger partial charge on any atom is -0.478 e. The first-order valence-electron chi connectivity index (χ1n) is 7.37. The fraction of sp³-hybridized carbons (Fsp3) is 0.500. The van der Waals surface area contributed by atoms with Crippen LogP contribution in [0.15, 0.2) is 18.2 Å². The first kappa shape index (κ1) is 15.5. The van der Waals surface area contributed by atoms with E-state index < -0.39 is 5.97 Å². The molecular formula is C16H21NO4. The van der Waals surface area contributed by atoms with Crippen molar-refractivity contribution >= 4 is 17.6 Å². The Morgan fingerprint density at radius 3 is 2.90 bits per heavy atom. The van der Waals surface area contributed by atoms with Crippen LogP contribution in [-0.4, -0.2) is 36.7 Å². The van der Waals surface area contributed by atoms with Gasteiger partial charge in [-0.3, -0.25) is 4.79 Å². The van der Waals surface area contributed by atoms with Crippen molar-refractivity contribution in [1.82, 2.24) is 0 Å². The lowest BCUT2D eigenvalue weighted by Crippen LogP contribution is -2.35. The number of ether oxygens (including phenoxy) is 1. The van der Waals surface area contributed by atoms with Gasteiger partial charge in [-0.2, -0.15) is 0 Å². The third-order valence-electron chi connectivity index (χ3n) is 3.63. The molecule has 0 aromatic heterocycles. The third kappa shape index (κ3) is 3.82. The molecule has 21 heavy (non-hydrogen) atoms. The van der Waals surface area contributed by atoms with E-state index in [1.54, 1.807) is 23.1 Å². The highest BCUT2D eigenvalue weighted by atomic mass is 16.5. The molecule has 5 heteroatoms. The maximum atomic E-state index is 12.3. The minimum atomic E-state index is -0.932. The number of hydrogen-bond acceptors (Lipinski definition) is 3. The molecule has 5 nitrogen and oxygen atoms in total. The van der Waals surface area contributed by atoms with Crippen LogP contribution in [0.4, 0.5) is 5.69 Å². The average molecular weight is 291 g/mol. The number of aryl methyl sites for hydroxylation is 1. The molecule has 2 rings (SSSR count). The van der Waals surface area contributed by atoms with E-state index in [4.69, 9.17) is 9.84 Å². The molecule has 1 N–H and O–H groups in total. The van der Waals surface area contributed by atoms with Crippen LogP contribution in [0.1, 0.15) is 42.1 Å². The smallest absolute Gasteiger partial charge is 0.335 e. The molecule has 0 atom stereocenters. The third-order valence-corrected chi connectivity index (χ3v) is 3.63. The molecule has 1 heterocycles. The van der Waals surface area contributed by atoms with Crippen LogP contribution in [0.2, 0.25) is 0 Å². The number of fused-ring (bicyclic) bond motifs is 1. The molecule has 0 saturated carbocycles. The van der Waals surface area contributed by atoms with E-state index in [1.807, 2.05) is 6.92 Å². The lowest BCUT2D eigenvalue weighted by Gasteiger charge is -2.29. The molecule has 1 amide bonds. The van der Waals surface area contributed by atoms with Gasteiger partial charge in [0.05, 0.1) is 5.56 Å². The summed E-state index contributed by atoms with van der Waals surface area (Å²) in [5, 5.41) is 9.03. The van der Waals surface area contributed by atoms with Gasteiger partial charge in [0.1, 0.15) is 0 Å². The molecule has 0 saturated heterocycles. The number of anilines is 1. The van der Waals surface area contributed by atoms with Gasteiger partial charge in [0.2, 0.25) is 5.91 Å². The van der Waals surface area contributed by atoms with Gasteiger partial charge >= 0.3 is 5.97 Å². The number of amides is 1. The van der Waals surface area contributed by atoms with Crippen LogP contribution >= 0.6 is 0 Å². The Bertz CT molecular complexity index is 527. The number of carbonyl (C=O) groups is 2. The largest absolute Gasteiger partial charge is 0.478 e. The zero-order chi connectivity index (χ0) is 15.2. The lowest BCUT2D eigenvalue weighted by molar-refractivity contribution is -0.119. The summed E-state index contributed by atoms with van der Waals surface area (Å²) in [6.45, 7) is 3.90. The number of rotatable bonds is 6. The van der Waals surface area contributed by atoms with Crippen LogP contribution in [0.3, 0.4) is 0 Å². The number of carboxylic acid groups (broad SMARTS) is 1. The van der Waals surface area contributed by atoms with Gasteiger partial charge in [-0.15, -0.1) is 0 Å². The second kappa shape index (κ2) is 7.22. The Labute approximate surface area is 124 Å². The maximum Gasteiger partial charge on any atom is 0.335 e. The van der Waals surface area contributed by atoms with Crippen molar-refractivity contribution in [3.8, 4) is 0 Å². The van der Waals surface area contributed by atoms with Crippen LogP contribution in [0.5, 0.6) is 0 Å². The topological polar surface area (TPSA) is 66.8 Å². The number of hydrogen-bond donors (Lipinski definition) is 1. The predicted molar refractivity (Wildman–Crippen MR) is 79.8 cm³/mol. The molecular weight excluding hydrogens is 270 g/mol. The van der Waals surface area contributed by atoms with E-state index in [0.29, 0.717) is 32.6 Å². The highest BCUT2D eigenvalue weighted by Crippen LogP contribution is 2.28. The second-order valence-electron chi connectivity index (χ2n) is 5.10. The summed E-state index contributed by atoms with van der Waals surface area (Å²) >= 11 is 0. The Kier molecular flexibility index (Phi) is 5.33. The van der Waals surface area contributed by atoms with Crippen LogP contribution in [0.25, 0.3) is 0 Å². The summed E-state index contributed by atoms with van der Waals surface area (Å²) in [6.07, 6.45) is 2.86. The van der Waals surface area contributed by atoms with E-state index in [9.17, 15) is 9.59 Å². The van der Waals surface area contributed by atoms with Crippen molar-refractivity contribution in [3.05, 3.63) is 29.3 Å². The molecule has 0 radical (unpaired) electrons. The SMILES string of the molecule is CCOCCCC(=O)N1CCCc2cc(C(=O)O)ccc21. The normalized spacial score (nSPS) is 13.9. The molecule has 1 aliphatic heterocycles. The van der Waals surface area contributed by atoms with E-state index in [2.05, 4.69) is 0 Å². The number of carbonyl (C=O) groups excluding carboxylic acids is 1. The molecule has 0 bridgehead atoms. The van der Waals surface area contributed by atoms with Crippen LogP contribution < -0.4 is 4.90 Å². The first-order valence-corrected chi connectivity index (χ1v) is 7.37. The van der Waals surface area contributed by atoms with E-state index >= 15 is 0 Å². The van der Waals surface area contributed by atoms with Gasteiger partial charge in [0, 0.05) is 31.9 Å². The van der Waals surface area contributed by atoms with Crippen molar-refractivity contribution in [3.63, 3.8) is 0 Å². The summed E-state index contributed by atoms with van der Waals surface area (Å²) in [4.78, 5) is 25.1. The standard InChI is InChI=1S/C16H21NO4/c1-2-21-10-4-6-15(18)17-9-3-5-12-11-13(16(19)20)7-8-14(12)17/h7-8,11H,2-6,9-10H2,1H3,(H,19,20). The quantitative estimate of drug-likeness (QED) is 0.818. The Hall–Kier alpha value is -1.88. The molecule has 0 unspecified atom stereocenters. The molecule has 114 valence electrons. The Morgan fingerprint density at radius 2 is 2.19 bits per heavy atom. The van der Waals surface area contributed by atoms with Gasteiger partial charge in [0.25, 0.3) is 0 Å². The zero-order valence-electron chi connectivity index (χ0n) is 12.3. The summed E-state index contributed by atoms with van der Waals surface area (Å²) in [6, 6.07) is 4.99. The highest BCUT2D eigenvalue weighted by molar-refractivity contribution is 5.96. The Balaban J connectivity index is 2.07. The number of carboxylic acids is 1. The molecule has 1 aromatic carbocycles. The van der Waals surface area contributed by atoms with Crippen molar-refractivity contribution in [1.29, 1.82) is 0 Å². The molecule has 0 fully saturated rings. The number of nitrogens with zero attached hydrogens (tertiary/aromatic N) is 1. The molecule has 0 aliphatic carbocycles. The van der Waals surface area contributed by atoms with Crippen molar-refractivity contribution in [2.45, 2.75) is 32.6 Å². The number of benzene rings is 1. The van der Waals surface area contributed by atoms with E-state index in [1.165, 1.54) is 0 Å². The fourth-order valence-corrected chi connectivity index (χ4v) is 2.59. The summed E-state index contributed by atoms with van der Waals surface area (Å²) in [7, 11) is 0. The van der Waals surface area contributed by atoms with Crippen molar-refractivity contribution in [2.75, 3.05) is 24.7 Å². The summed E-state index contributed by atoms with van der Waals surface area (Å²) < 4.78 is 5.25. The van der Waals surface area contributed by atoms with Gasteiger partial charge in [-0.05, 0) is 49.9 Å². The van der Waals surface area contributed by atoms with E-state index in [0.717, 1.165) is 24.1 Å². The second-order valence-corrected chi connectivity index (χ2v) is 5.10. The van der Waals surface area contributed by atoms with Gasteiger partial charge < -0.3 is 14.7 Å². The van der Waals surface area contributed by atoms with Gasteiger partial charge in [-0.1, -0.05) is 0 Å². The van der Waals surface area contributed by atoms with Gasteiger partial charge in [0.15, 0.2) is 0 Å². The van der Waals surface area contributed by atoms with E-state index in [-0.39, 0.29) is 11.5 Å². The fourth-order valence-electron chi connectivity index (χ4n) is 2.59. The minimum absolute atomic E-state index is 0.0822. The summed E-state index contributed by atoms with van der Waals surface area (Å²) in [5.41, 5.74) is 2.08. The maximum absolute atomic E-state index is 12.3. The van der Waals surface area contributed by atoms with Crippen molar-refractivity contribution < 1.29 is 19.4 Å². The zero-order valence-corrected chi connectivity index (χ0v) is 12.3. The molecule has 0 spiro atoms. The number of aromatic carboxylic acids is 1.